The first kappa shape index (κ1) is 17.7. The maximum Gasteiger partial charge on any atom is 0.245 e. The molecule has 1 fully saturated rings. The van der Waals surface area contributed by atoms with Gasteiger partial charge in [0.25, 0.3) is 0 Å². The van der Waals surface area contributed by atoms with Crippen LogP contribution in [0.15, 0.2) is 12.4 Å². The van der Waals surface area contributed by atoms with E-state index in [-0.39, 0.29) is 30.4 Å². The van der Waals surface area contributed by atoms with Gasteiger partial charge in [-0.3, -0.25) is 4.79 Å². The zero-order chi connectivity index (χ0) is 19.8. The third-order valence-corrected chi connectivity index (χ3v) is 4.54. The zero-order valence-corrected chi connectivity index (χ0v) is 15.5. The molecule has 28 heavy (non-hydrogen) atoms. The summed E-state index contributed by atoms with van der Waals surface area (Å²) in [5.41, 5.74) is 7.63. The monoisotopic (exact) mass is 380 g/mol. The molecule has 144 valence electrons. The maximum absolute atomic E-state index is 12.5. The minimum atomic E-state index is -0.229. The van der Waals surface area contributed by atoms with Crippen molar-refractivity contribution in [3.63, 3.8) is 0 Å². The lowest BCUT2D eigenvalue weighted by Gasteiger charge is -2.09. The summed E-state index contributed by atoms with van der Waals surface area (Å²) in [4.78, 5) is 25.3. The van der Waals surface area contributed by atoms with E-state index in [2.05, 4.69) is 36.8 Å². The van der Waals surface area contributed by atoms with Gasteiger partial charge in [-0.25, -0.2) is 9.67 Å². The lowest BCUT2D eigenvalue weighted by molar-refractivity contribution is -0.116. The first-order chi connectivity index (χ1) is 13.5. The van der Waals surface area contributed by atoms with Gasteiger partial charge in [-0.05, 0) is 20.3 Å². The summed E-state index contributed by atoms with van der Waals surface area (Å²) in [5.74, 6) is 0.926. The SMILES string of the molecule is CCn1nc(C)cc1NC(=O)Cn1cnc2c(NC3CC3C#N)nc(N)nc21. The number of nitrogens with zero attached hydrogens (tertiary/aromatic N) is 7. The molecule has 0 bridgehead atoms. The number of fused-ring (bicyclic) bond motifs is 1. The third-order valence-electron chi connectivity index (χ3n) is 4.54. The van der Waals surface area contributed by atoms with E-state index in [0.717, 1.165) is 12.1 Å². The Labute approximate surface area is 160 Å². The number of anilines is 3. The highest BCUT2D eigenvalue weighted by Crippen LogP contribution is 2.33. The van der Waals surface area contributed by atoms with Crippen molar-refractivity contribution in [1.82, 2.24) is 29.3 Å². The normalized spacial score (nSPS) is 18.0. The Bertz CT molecular complexity index is 1090. The summed E-state index contributed by atoms with van der Waals surface area (Å²) in [6.07, 6.45) is 2.29. The Balaban J connectivity index is 1.55. The summed E-state index contributed by atoms with van der Waals surface area (Å²) in [6, 6.07) is 4.07. The summed E-state index contributed by atoms with van der Waals surface area (Å²) in [5, 5.41) is 19.3. The average Bonchev–Trinajstić information content (AvgIpc) is 3.14. The highest BCUT2D eigenvalue weighted by molar-refractivity contribution is 5.91. The van der Waals surface area contributed by atoms with E-state index < -0.39 is 0 Å². The topological polar surface area (TPSA) is 152 Å². The second-order valence-corrected chi connectivity index (χ2v) is 6.73. The molecule has 3 heterocycles. The van der Waals surface area contributed by atoms with E-state index in [1.54, 1.807) is 9.25 Å². The molecule has 1 aliphatic rings. The molecular weight excluding hydrogens is 360 g/mol. The number of aromatic nitrogens is 6. The van der Waals surface area contributed by atoms with Gasteiger partial charge in [0.05, 0.1) is 24.0 Å². The zero-order valence-electron chi connectivity index (χ0n) is 15.5. The van der Waals surface area contributed by atoms with E-state index in [1.807, 2.05) is 19.9 Å². The quantitative estimate of drug-likeness (QED) is 0.570. The Morgan fingerprint density at radius 3 is 3.00 bits per heavy atom. The van der Waals surface area contributed by atoms with Crippen LogP contribution < -0.4 is 16.4 Å². The van der Waals surface area contributed by atoms with Crippen molar-refractivity contribution in [2.45, 2.75) is 39.4 Å². The van der Waals surface area contributed by atoms with Crippen molar-refractivity contribution in [3.8, 4) is 6.07 Å². The average molecular weight is 380 g/mol. The van der Waals surface area contributed by atoms with E-state index >= 15 is 0 Å². The predicted molar refractivity (Wildman–Crippen MR) is 102 cm³/mol. The van der Waals surface area contributed by atoms with Crippen LogP contribution in [0.2, 0.25) is 0 Å². The van der Waals surface area contributed by atoms with Gasteiger partial charge in [-0.2, -0.15) is 20.3 Å². The summed E-state index contributed by atoms with van der Waals surface area (Å²) in [7, 11) is 0. The van der Waals surface area contributed by atoms with Gasteiger partial charge in [0.2, 0.25) is 11.9 Å². The van der Waals surface area contributed by atoms with E-state index in [4.69, 9.17) is 11.0 Å². The molecule has 4 N–H and O–H groups in total. The molecule has 2 unspecified atom stereocenters. The Morgan fingerprint density at radius 1 is 1.46 bits per heavy atom. The lowest BCUT2D eigenvalue weighted by Crippen LogP contribution is -2.20. The molecule has 0 spiro atoms. The summed E-state index contributed by atoms with van der Waals surface area (Å²) in [6.45, 7) is 4.50. The first-order valence-electron chi connectivity index (χ1n) is 8.97. The maximum atomic E-state index is 12.5. The van der Waals surface area contributed by atoms with E-state index in [0.29, 0.717) is 29.3 Å². The number of rotatable bonds is 6. The van der Waals surface area contributed by atoms with Crippen molar-refractivity contribution in [3.05, 3.63) is 18.1 Å². The van der Waals surface area contributed by atoms with Crippen LogP contribution in [0.1, 0.15) is 19.0 Å². The van der Waals surface area contributed by atoms with Crippen LogP contribution in [-0.2, 0) is 17.9 Å². The van der Waals surface area contributed by atoms with Crippen LogP contribution >= 0.6 is 0 Å². The molecule has 1 amide bonds. The number of nitrogen functional groups attached to an aromatic ring is 1. The van der Waals surface area contributed by atoms with Gasteiger partial charge in [-0.15, -0.1) is 0 Å². The Hall–Kier alpha value is -3.68. The minimum absolute atomic E-state index is 0.0184. The van der Waals surface area contributed by atoms with Crippen molar-refractivity contribution in [2.75, 3.05) is 16.4 Å². The molecule has 0 radical (unpaired) electrons. The molecule has 0 saturated heterocycles. The summed E-state index contributed by atoms with van der Waals surface area (Å²) >= 11 is 0. The van der Waals surface area contributed by atoms with Crippen LogP contribution in [-0.4, -0.2) is 41.2 Å². The summed E-state index contributed by atoms with van der Waals surface area (Å²) < 4.78 is 3.34. The fraction of sp³-hybridized carbons (Fsp3) is 0.412. The third kappa shape index (κ3) is 3.32. The van der Waals surface area contributed by atoms with Crippen LogP contribution in [0.5, 0.6) is 0 Å². The molecule has 1 aliphatic carbocycles. The van der Waals surface area contributed by atoms with Gasteiger partial charge >= 0.3 is 0 Å². The van der Waals surface area contributed by atoms with Crippen LogP contribution in [0.4, 0.5) is 17.6 Å². The van der Waals surface area contributed by atoms with Gasteiger partial charge < -0.3 is 20.9 Å². The number of aryl methyl sites for hydroxylation is 2. The van der Waals surface area contributed by atoms with Crippen LogP contribution in [0, 0.1) is 24.2 Å². The lowest BCUT2D eigenvalue weighted by atomic mass is 10.4. The van der Waals surface area contributed by atoms with E-state index in [1.165, 1.54) is 6.33 Å². The fourth-order valence-corrected chi connectivity index (χ4v) is 3.07. The number of nitrogens with two attached hydrogens (primary N) is 1. The second kappa shape index (κ2) is 6.80. The van der Waals surface area contributed by atoms with Crippen molar-refractivity contribution in [1.29, 1.82) is 5.26 Å². The molecular formula is C17H20N10O. The number of hydrogen-bond donors (Lipinski definition) is 3. The van der Waals surface area contributed by atoms with Gasteiger partial charge in [-0.1, -0.05) is 0 Å². The highest BCUT2D eigenvalue weighted by atomic mass is 16.2. The highest BCUT2D eigenvalue weighted by Gasteiger charge is 2.38. The molecule has 1 saturated carbocycles. The van der Waals surface area contributed by atoms with Gasteiger partial charge in [0, 0.05) is 18.7 Å². The van der Waals surface area contributed by atoms with Gasteiger partial charge in [0.15, 0.2) is 17.0 Å². The number of hydrogen-bond acceptors (Lipinski definition) is 8. The van der Waals surface area contributed by atoms with Crippen molar-refractivity contribution in [2.24, 2.45) is 5.92 Å². The number of carbonyl (C=O) groups excluding carboxylic acids is 1. The fourth-order valence-electron chi connectivity index (χ4n) is 3.07. The molecule has 0 aromatic carbocycles. The van der Waals surface area contributed by atoms with E-state index in [9.17, 15) is 4.79 Å². The van der Waals surface area contributed by atoms with Gasteiger partial charge in [0.1, 0.15) is 12.4 Å². The van der Waals surface area contributed by atoms with Crippen molar-refractivity contribution >= 4 is 34.7 Å². The molecule has 0 aliphatic heterocycles. The standard InChI is InChI=1S/C17H20N10O/c1-3-27-12(4-9(2)25-27)22-13(28)7-26-8-20-14-15(21-11-5-10(11)6-18)23-17(19)24-16(14)26/h4,8,10-11H,3,5,7H2,1-2H3,(H,22,28)(H3,19,21,23,24). The van der Waals surface area contributed by atoms with Crippen LogP contribution in [0.3, 0.4) is 0 Å². The first-order valence-corrected chi connectivity index (χ1v) is 8.97. The molecule has 4 rings (SSSR count). The number of nitrogens with one attached hydrogen (secondary N) is 2. The van der Waals surface area contributed by atoms with Crippen LogP contribution in [0.25, 0.3) is 11.2 Å². The second-order valence-electron chi connectivity index (χ2n) is 6.73. The minimum Gasteiger partial charge on any atom is -0.368 e. The molecule has 2 atom stereocenters. The smallest absolute Gasteiger partial charge is 0.245 e. The number of nitriles is 1. The largest absolute Gasteiger partial charge is 0.368 e. The Morgan fingerprint density at radius 2 is 2.29 bits per heavy atom. The molecule has 3 aromatic heterocycles. The van der Waals surface area contributed by atoms with Crippen molar-refractivity contribution < 1.29 is 4.79 Å². The Kier molecular flexibility index (Phi) is 4.31. The number of carbonyl (C=O) groups is 1. The number of imidazole rings is 1. The number of amides is 1. The molecule has 11 heteroatoms. The molecule has 3 aromatic rings. The predicted octanol–water partition coefficient (Wildman–Crippen LogP) is 0.896. The molecule has 11 nitrogen and oxygen atoms in total.